The molecule has 98 valence electrons. The molecule has 1 unspecified atom stereocenters. The highest BCUT2D eigenvalue weighted by molar-refractivity contribution is 7.07. The molecule has 1 aromatic rings. The summed E-state index contributed by atoms with van der Waals surface area (Å²) in [6.07, 6.45) is 1.71. The number of hydrogen-bond donors (Lipinski definition) is 3. The lowest BCUT2D eigenvalue weighted by atomic mass is 9.96. The number of carbonyl (C=O) groups is 2. The van der Waals surface area contributed by atoms with Crippen LogP contribution in [0.15, 0.2) is 16.8 Å². The van der Waals surface area contributed by atoms with Gasteiger partial charge >= 0.3 is 12.0 Å². The van der Waals surface area contributed by atoms with Crippen LogP contribution in [-0.4, -0.2) is 22.6 Å². The lowest BCUT2D eigenvalue weighted by molar-refractivity contribution is -0.144. The predicted molar refractivity (Wildman–Crippen MR) is 68.5 cm³/mol. The largest absolute Gasteiger partial charge is 0.480 e. The Bertz CT molecular complexity index is 442. The van der Waals surface area contributed by atoms with Crippen LogP contribution in [0.5, 0.6) is 0 Å². The molecule has 2 rings (SSSR count). The second-order valence-corrected chi connectivity index (χ2v) is 5.50. The van der Waals surface area contributed by atoms with Crippen LogP contribution in [0.3, 0.4) is 0 Å². The molecular formula is C12H16N2O3S. The van der Waals surface area contributed by atoms with Crippen LogP contribution in [-0.2, 0) is 11.3 Å². The molecule has 0 spiro atoms. The van der Waals surface area contributed by atoms with E-state index >= 15 is 0 Å². The van der Waals surface area contributed by atoms with E-state index in [1.54, 1.807) is 18.3 Å². The Morgan fingerprint density at radius 1 is 1.56 bits per heavy atom. The van der Waals surface area contributed by atoms with E-state index in [2.05, 4.69) is 10.6 Å². The second kappa shape index (κ2) is 4.97. The Hall–Kier alpha value is -1.56. The Morgan fingerprint density at radius 3 is 2.78 bits per heavy atom. The predicted octanol–water partition coefficient (Wildman–Crippen LogP) is 1.80. The molecule has 3 N–H and O–H groups in total. The molecule has 1 aliphatic carbocycles. The Kier molecular flexibility index (Phi) is 3.56. The van der Waals surface area contributed by atoms with E-state index in [-0.39, 0.29) is 5.92 Å². The summed E-state index contributed by atoms with van der Waals surface area (Å²) < 4.78 is 0. The molecule has 0 radical (unpaired) electrons. The minimum absolute atomic E-state index is 0.0434. The van der Waals surface area contributed by atoms with Crippen molar-refractivity contribution in [2.24, 2.45) is 5.92 Å². The lowest BCUT2D eigenvalue weighted by Crippen LogP contribution is -2.56. The molecule has 5 nitrogen and oxygen atoms in total. The van der Waals surface area contributed by atoms with Crippen LogP contribution < -0.4 is 10.6 Å². The summed E-state index contributed by atoms with van der Waals surface area (Å²) in [5.41, 5.74) is -0.141. The van der Waals surface area contributed by atoms with E-state index in [9.17, 15) is 14.7 Å². The maximum atomic E-state index is 11.7. The maximum absolute atomic E-state index is 11.7. The molecule has 0 aromatic carbocycles. The highest BCUT2D eigenvalue weighted by Gasteiger charge is 2.48. The van der Waals surface area contributed by atoms with Gasteiger partial charge in [0.1, 0.15) is 5.54 Å². The average Bonchev–Trinajstić information content (AvgIpc) is 3.04. The number of aliphatic carboxylic acids is 1. The Morgan fingerprint density at radius 2 is 2.28 bits per heavy atom. The molecule has 1 saturated carbocycles. The summed E-state index contributed by atoms with van der Waals surface area (Å²) in [5, 5.41) is 18.3. The number of amides is 2. The van der Waals surface area contributed by atoms with Gasteiger partial charge in [-0.25, -0.2) is 9.59 Å². The van der Waals surface area contributed by atoms with Crippen molar-refractivity contribution in [3.05, 3.63) is 22.4 Å². The minimum atomic E-state index is -1.15. The van der Waals surface area contributed by atoms with Crippen LogP contribution >= 0.6 is 11.3 Å². The second-order valence-electron chi connectivity index (χ2n) is 4.72. The molecule has 2 amide bonds. The van der Waals surface area contributed by atoms with E-state index in [4.69, 9.17) is 0 Å². The highest BCUT2D eigenvalue weighted by atomic mass is 32.1. The average molecular weight is 268 g/mol. The van der Waals surface area contributed by atoms with Crippen LogP contribution in [0.25, 0.3) is 0 Å². The number of rotatable bonds is 5. The van der Waals surface area contributed by atoms with Gasteiger partial charge in [0, 0.05) is 6.54 Å². The van der Waals surface area contributed by atoms with Gasteiger partial charge < -0.3 is 15.7 Å². The van der Waals surface area contributed by atoms with Gasteiger partial charge in [0.25, 0.3) is 0 Å². The zero-order valence-corrected chi connectivity index (χ0v) is 10.9. The smallest absolute Gasteiger partial charge is 0.329 e. The van der Waals surface area contributed by atoms with E-state index in [0.717, 1.165) is 18.4 Å². The molecule has 0 aliphatic heterocycles. The van der Waals surface area contributed by atoms with Crippen molar-refractivity contribution in [1.29, 1.82) is 0 Å². The first-order valence-electron chi connectivity index (χ1n) is 5.83. The number of carboxylic acids is 1. The van der Waals surface area contributed by atoms with Crippen molar-refractivity contribution in [3.63, 3.8) is 0 Å². The number of thiophene rings is 1. The summed E-state index contributed by atoms with van der Waals surface area (Å²) in [4.78, 5) is 22.9. The number of urea groups is 1. The number of nitrogens with one attached hydrogen (secondary N) is 2. The van der Waals surface area contributed by atoms with Gasteiger partial charge in [0.2, 0.25) is 0 Å². The van der Waals surface area contributed by atoms with Gasteiger partial charge in [-0.05, 0) is 48.1 Å². The van der Waals surface area contributed by atoms with Crippen molar-refractivity contribution in [1.82, 2.24) is 10.6 Å². The topological polar surface area (TPSA) is 78.4 Å². The third-order valence-electron chi connectivity index (χ3n) is 3.24. The van der Waals surface area contributed by atoms with Gasteiger partial charge in [0.15, 0.2) is 0 Å². The quantitative estimate of drug-likeness (QED) is 0.762. The van der Waals surface area contributed by atoms with Crippen molar-refractivity contribution in [2.45, 2.75) is 31.8 Å². The lowest BCUT2D eigenvalue weighted by Gasteiger charge is -2.26. The van der Waals surface area contributed by atoms with E-state index in [0.29, 0.717) is 6.54 Å². The number of carboxylic acid groups (broad SMARTS) is 1. The van der Waals surface area contributed by atoms with Crippen molar-refractivity contribution < 1.29 is 14.7 Å². The van der Waals surface area contributed by atoms with Gasteiger partial charge in [-0.1, -0.05) is 0 Å². The molecule has 1 aliphatic rings. The molecule has 6 heteroatoms. The first kappa shape index (κ1) is 12.9. The van der Waals surface area contributed by atoms with Gasteiger partial charge in [0.05, 0.1) is 0 Å². The summed E-state index contributed by atoms with van der Waals surface area (Å²) in [5.74, 6) is -0.933. The van der Waals surface area contributed by atoms with Gasteiger partial charge in [-0.15, -0.1) is 0 Å². The molecule has 1 atom stereocenters. The number of carbonyl (C=O) groups excluding carboxylic acids is 1. The summed E-state index contributed by atoms with van der Waals surface area (Å²) in [6, 6.07) is 1.49. The standard InChI is InChI=1S/C12H16N2O3S/c1-12(10(15)16,9-2-3-9)14-11(17)13-6-8-4-5-18-7-8/h4-5,7,9H,2-3,6H2,1H3,(H,15,16)(H2,13,14,17). The van der Waals surface area contributed by atoms with Crippen LogP contribution in [0.2, 0.25) is 0 Å². The Balaban J connectivity index is 1.87. The van der Waals surface area contributed by atoms with Crippen molar-refractivity contribution in [3.8, 4) is 0 Å². The van der Waals surface area contributed by atoms with E-state index in [1.807, 2.05) is 16.8 Å². The Labute approximate surface area is 109 Å². The first-order valence-corrected chi connectivity index (χ1v) is 6.77. The fourth-order valence-electron chi connectivity index (χ4n) is 1.85. The fourth-order valence-corrected chi connectivity index (χ4v) is 2.52. The third kappa shape index (κ3) is 2.81. The van der Waals surface area contributed by atoms with Gasteiger partial charge in [-0.3, -0.25) is 0 Å². The molecule has 18 heavy (non-hydrogen) atoms. The first-order chi connectivity index (χ1) is 8.52. The summed E-state index contributed by atoms with van der Waals surface area (Å²) in [7, 11) is 0. The molecule has 1 fully saturated rings. The van der Waals surface area contributed by atoms with Crippen LogP contribution in [0.1, 0.15) is 25.3 Å². The maximum Gasteiger partial charge on any atom is 0.329 e. The SMILES string of the molecule is CC(NC(=O)NCc1ccsc1)(C(=O)O)C1CC1. The van der Waals surface area contributed by atoms with Gasteiger partial charge in [-0.2, -0.15) is 11.3 Å². The number of hydrogen-bond acceptors (Lipinski definition) is 3. The fraction of sp³-hybridized carbons (Fsp3) is 0.500. The van der Waals surface area contributed by atoms with Crippen LogP contribution in [0, 0.1) is 5.92 Å². The summed E-state index contributed by atoms with van der Waals surface area (Å²) in [6.45, 7) is 1.98. The molecule has 1 heterocycles. The monoisotopic (exact) mass is 268 g/mol. The van der Waals surface area contributed by atoms with Crippen molar-refractivity contribution >= 4 is 23.3 Å². The van der Waals surface area contributed by atoms with E-state index in [1.165, 1.54) is 0 Å². The normalized spacial score (nSPS) is 17.8. The highest BCUT2D eigenvalue weighted by Crippen LogP contribution is 2.39. The van der Waals surface area contributed by atoms with Crippen molar-refractivity contribution in [2.75, 3.05) is 0 Å². The molecule has 0 saturated heterocycles. The van der Waals surface area contributed by atoms with Crippen LogP contribution in [0.4, 0.5) is 4.79 Å². The molecule has 1 aromatic heterocycles. The molecule has 0 bridgehead atoms. The van der Waals surface area contributed by atoms with E-state index < -0.39 is 17.5 Å². The molecular weight excluding hydrogens is 252 g/mol. The zero-order valence-electron chi connectivity index (χ0n) is 10.1. The zero-order chi connectivity index (χ0) is 13.2. The third-order valence-corrected chi connectivity index (χ3v) is 3.98. The summed E-state index contributed by atoms with van der Waals surface area (Å²) >= 11 is 1.56. The minimum Gasteiger partial charge on any atom is -0.480 e.